The van der Waals surface area contributed by atoms with Gasteiger partial charge in [-0.05, 0) is 51.4 Å². The van der Waals surface area contributed by atoms with Crippen molar-refractivity contribution < 1.29 is 64.6 Å². The van der Waals surface area contributed by atoms with Crippen molar-refractivity contribution in [2.24, 2.45) is 0 Å². The minimum Gasteiger partial charge on any atom is -0.394 e. The van der Waals surface area contributed by atoms with Crippen LogP contribution in [-0.2, 0) is 23.7 Å². The van der Waals surface area contributed by atoms with Gasteiger partial charge < -0.3 is 65.1 Å². The topological polar surface area (TPSA) is 228 Å². The molecular weight excluding hydrogens is 1220 g/mol. The molecule has 0 aromatic heterocycles. The number of allylic oxidation sites excluding steroid dienone is 6. The van der Waals surface area contributed by atoms with Crippen LogP contribution in [0, 0.1) is 0 Å². The first-order valence-corrected chi connectivity index (χ1v) is 41.7. The molecule has 0 aliphatic carbocycles. The zero-order valence-corrected chi connectivity index (χ0v) is 62.9. The van der Waals surface area contributed by atoms with Crippen LogP contribution in [0.2, 0.25) is 0 Å². The maximum Gasteiger partial charge on any atom is 0.220 e. The molecule has 0 bridgehead atoms. The Labute approximate surface area is 595 Å². The minimum absolute atomic E-state index is 0.197. The molecule has 0 aromatic carbocycles. The Morgan fingerprint density at radius 3 is 1.04 bits per heavy atom. The Kier molecular flexibility index (Phi) is 63.4. The van der Waals surface area contributed by atoms with Crippen LogP contribution in [0.15, 0.2) is 36.5 Å². The molecule has 572 valence electrons. The second kappa shape index (κ2) is 67.4. The summed E-state index contributed by atoms with van der Waals surface area (Å²) in [6, 6.07) is -0.828. The second-order valence-corrected chi connectivity index (χ2v) is 29.6. The lowest BCUT2D eigenvalue weighted by Crippen LogP contribution is -2.65. The lowest BCUT2D eigenvalue weighted by Gasteiger charge is -2.46. The molecule has 0 spiro atoms. The van der Waals surface area contributed by atoms with Crippen molar-refractivity contribution in [3.05, 3.63) is 36.5 Å². The van der Waals surface area contributed by atoms with E-state index in [0.29, 0.717) is 12.8 Å². The summed E-state index contributed by atoms with van der Waals surface area (Å²) in [7, 11) is 0. The van der Waals surface area contributed by atoms with Crippen molar-refractivity contribution in [3.63, 3.8) is 0 Å². The van der Waals surface area contributed by atoms with Gasteiger partial charge in [-0.3, -0.25) is 4.79 Å². The van der Waals surface area contributed by atoms with Gasteiger partial charge in [-0.25, -0.2) is 0 Å². The van der Waals surface area contributed by atoms with Crippen molar-refractivity contribution >= 4 is 5.91 Å². The van der Waals surface area contributed by atoms with Crippen LogP contribution in [-0.4, -0.2) is 140 Å². The average molecular weight is 1380 g/mol. The van der Waals surface area contributed by atoms with Gasteiger partial charge in [0.25, 0.3) is 0 Å². The minimum atomic E-state index is -1.78. The zero-order valence-electron chi connectivity index (χ0n) is 62.9. The fourth-order valence-electron chi connectivity index (χ4n) is 14.0. The fourth-order valence-corrected chi connectivity index (χ4v) is 14.0. The van der Waals surface area contributed by atoms with Crippen LogP contribution >= 0.6 is 0 Å². The van der Waals surface area contributed by atoms with Gasteiger partial charge in [-0.2, -0.15) is 0 Å². The Balaban J connectivity index is 1.56. The van der Waals surface area contributed by atoms with Crippen LogP contribution in [0.4, 0.5) is 0 Å². The summed E-state index contributed by atoms with van der Waals surface area (Å²) in [4.78, 5) is 13.4. The Morgan fingerprint density at radius 1 is 0.371 bits per heavy atom. The smallest absolute Gasteiger partial charge is 0.220 e. The van der Waals surface area contributed by atoms with Gasteiger partial charge in [0.1, 0.15) is 48.8 Å². The highest BCUT2D eigenvalue weighted by atomic mass is 16.7. The quantitative estimate of drug-likeness (QED) is 0.0204. The van der Waals surface area contributed by atoms with E-state index in [-0.39, 0.29) is 12.5 Å². The van der Waals surface area contributed by atoms with Crippen LogP contribution in [0.1, 0.15) is 393 Å². The summed E-state index contributed by atoms with van der Waals surface area (Å²) in [5.41, 5.74) is 0. The molecular formula is C83H157NO13. The van der Waals surface area contributed by atoms with Gasteiger partial charge >= 0.3 is 0 Å². The first kappa shape index (κ1) is 91.3. The van der Waals surface area contributed by atoms with Gasteiger partial charge in [0.2, 0.25) is 5.91 Å². The largest absolute Gasteiger partial charge is 0.394 e. The molecule has 2 aliphatic rings. The molecule has 2 rings (SSSR count). The van der Waals surface area contributed by atoms with Crippen molar-refractivity contribution in [3.8, 4) is 0 Å². The number of carbonyl (C=O) groups excluding carboxylic acids is 1. The summed E-state index contributed by atoms with van der Waals surface area (Å²) in [6.07, 6.45) is 72.0. The molecule has 1 amide bonds. The number of carbonyl (C=O) groups is 1. The predicted molar refractivity (Wildman–Crippen MR) is 401 cm³/mol. The van der Waals surface area contributed by atoms with Gasteiger partial charge in [0, 0.05) is 6.42 Å². The molecule has 14 heteroatoms. The standard InChI is InChI=1S/C83H157NO13/c1-3-5-7-9-11-13-15-17-19-21-23-25-27-29-30-31-32-33-34-35-36-37-38-39-40-41-42-43-45-47-49-51-53-55-57-59-61-63-65-67-75(88)84-71(70-94-82-80(93)78(91)81(74(69-86)96-82)97-83-79(92)77(90)76(89)73(68-85)95-83)72(87)66-64-62-60-58-56-54-52-50-48-46-44-28-26-24-22-20-18-16-14-12-10-8-6-4-2/h15,17,21,23,27,29,71-74,76-83,85-87,89-93H,3-14,16,18-20,22,24-26,28,30-70H2,1-2H3,(H,84,88)/b17-15-,23-21-,29-27-. The third-order valence-electron chi connectivity index (χ3n) is 20.6. The SMILES string of the molecule is CCCCCCC/C=C\C/C=C\C/C=C\CCCCCCCCCCCCCCCCCCCCCCCCCCC(=O)NC(COC1OC(CO)C(OC2OC(CO)C(O)C(O)C2O)C(O)C1O)C(O)CCCCCCCCCCCCCCCCCCCCCCCCCC. The highest BCUT2D eigenvalue weighted by molar-refractivity contribution is 5.76. The van der Waals surface area contributed by atoms with Crippen LogP contribution < -0.4 is 5.32 Å². The van der Waals surface area contributed by atoms with Crippen molar-refractivity contribution in [2.75, 3.05) is 19.8 Å². The summed E-state index contributed by atoms with van der Waals surface area (Å²) in [5, 5.41) is 87.9. The van der Waals surface area contributed by atoms with Gasteiger partial charge in [-0.15, -0.1) is 0 Å². The molecule has 2 saturated heterocycles. The van der Waals surface area contributed by atoms with E-state index in [0.717, 1.165) is 64.2 Å². The lowest BCUT2D eigenvalue weighted by atomic mass is 9.97. The molecule has 0 aromatic rings. The molecule has 0 saturated carbocycles. The van der Waals surface area contributed by atoms with Crippen LogP contribution in [0.25, 0.3) is 0 Å². The monoisotopic (exact) mass is 1380 g/mol. The summed E-state index contributed by atoms with van der Waals surface area (Å²) >= 11 is 0. The number of unbranched alkanes of at least 4 members (excludes halogenated alkanes) is 52. The number of aliphatic hydroxyl groups is 8. The number of amides is 1. The molecule has 2 fully saturated rings. The van der Waals surface area contributed by atoms with Crippen LogP contribution in [0.3, 0.4) is 0 Å². The highest BCUT2D eigenvalue weighted by Crippen LogP contribution is 2.31. The number of hydrogen-bond donors (Lipinski definition) is 9. The zero-order chi connectivity index (χ0) is 70.1. The van der Waals surface area contributed by atoms with Gasteiger partial charge in [0.15, 0.2) is 12.6 Å². The number of rotatable bonds is 71. The number of hydrogen-bond acceptors (Lipinski definition) is 13. The number of ether oxygens (including phenoxy) is 4. The molecule has 12 unspecified atom stereocenters. The van der Waals surface area contributed by atoms with E-state index in [1.165, 1.54) is 302 Å². The lowest BCUT2D eigenvalue weighted by molar-refractivity contribution is -0.359. The summed E-state index contributed by atoms with van der Waals surface area (Å²) in [5.74, 6) is -0.197. The molecule has 2 aliphatic heterocycles. The molecule has 97 heavy (non-hydrogen) atoms. The fraction of sp³-hybridized carbons (Fsp3) is 0.916. The Morgan fingerprint density at radius 2 is 0.680 bits per heavy atom. The summed E-state index contributed by atoms with van der Waals surface area (Å²) < 4.78 is 23.0. The predicted octanol–water partition coefficient (Wildman–Crippen LogP) is 19.2. The number of nitrogens with one attached hydrogen (secondary N) is 1. The van der Waals surface area contributed by atoms with E-state index >= 15 is 0 Å². The molecule has 0 radical (unpaired) electrons. The number of aliphatic hydroxyl groups excluding tert-OH is 8. The molecule has 14 nitrogen and oxygen atoms in total. The van der Waals surface area contributed by atoms with Crippen molar-refractivity contribution in [1.29, 1.82) is 0 Å². The molecule has 9 N–H and O–H groups in total. The van der Waals surface area contributed by atoms with Gasteiger partial charge in [0.05, 0.1) is 32.0 Å². The van der Waals surface area contributed by atoms with Crippen LogP contribution in [0.5, 0.6) is 0 Å². The van der Waals surface area contributed by atoms with E-state index in [4.69, 9.17) is 18.9 Å². The first-order valence-electron chi connectivity index (χ1n) is 41.7. The molecule has 2 heterocycles. The second-order valence-electron chi connectivity index (χ2n) is 29.6. The maximum absolute atomic E-state index is 13.4. The first-order chi connectivity index (χ1) is 47.6. The van der Waals surface area contributed by atoms with E-state index in [1.54, 1.807) is 0 Å². The van der Waals surface area contributed by atoms with Gasteiger partial charge in [-0.1, -0.05) is 371 Å². The third-order valence-corrected chi connectivity index (χ3v) is 20.6. The van der Waals surface area contributed by atoms with E-state index in [1.807, 2.05) is 0 Å². The Bertz CT molecular complexity index is 1770. The van der Waals surface area contributed by atoms with E-state index in [9.17, 15) is 45.6 Å². The summed E-state index contributed by atoms with van der Waals surface area (Å²) in [6.45, 7) is 2.92. The average Bonchev–Trinajstić information content (AvgIpc) is 0.794. The third kappa shape index (κ3) is 50.3. The normalized spacial score (nSPS) is 22.2. The van der Waals surface area contributed by atoms with E-state index in [2.05, 4.69) is 55.6 Å². The molecule has 12 atom stereocenters. The maximum atomic E-state index is 13.4. The highest BCUT2D eigenvalue weighted by Gasteiger charge is 2.51. The van der Waals surface area contributed by atoms with E-state index < -0.39 is 86.8 Å². The Hall–Kier alpha value is -1.79. The van der Waals surface area contributed by atoms with Crippen molar-refractivity contribution in [1.82, 2.24) is 5.32 Å². The van der Waals surface area contributed by atoms with Crippen molar-refractivity contribution in [2.45, 2.75) is 466 Å².